The first-order valence-electron chi connectivity index (χ1n) is 15.9. The SMILES string of the molecule is COc1ccc(C=C2c3ccccc3C(=O)c3ccccc32)cc1OCCCCOc1cc2c(cc1C)C(=O)N1CCC[C@H]1C=N2. The first-order chi connectivity index (χ1) is 22.5. The number of rotatable bonds is 9. The van der Waals surface area contributed by atoms with Crippen LogP contribution in [0.25, 0.3) is 11.6 Å². The number of carbonyl (C=O) groups excluding carboxylic acids is 2. The van der Waals surface area contributed by atoms with E-state index in [-0.39, 0.29) is 17.7 Å². The van der Waals surface area contributed by atoms with Gasteiger partial charge < -0.3 is 19.1 Å². The number of fused-ring (bicyclic) bond motifs is 4. The van der Waals surface area contributed by atoms with Crippen LogP contribution in [0.15, 0.2) is 83.9 Å². The molecule has 7 heteroatoms. The summed E-state index contributed by atoms with van der Waals surface area (Å²) in [6, 6.07) is 25.3. The second-order valence-corrected chi connectivity index (χ2v) is 11.9. The van der Waals surface area contributed by atoms with Gasteiger partial charge in [-0.2, -0.15) is 0 Å². The van der Waals surface area contributed by atoms with E-state index in [1.54, 1.807) is 7.11 Å². The van der Waals surface area contributed by atoms with E-state index < -0.39 is 0 Å². The number of hydrogen-bond acceptors (Lipinski definition) is 6. The second-order valence-electron chi connectivity index (χ2n) is 11.9. The van der Waals surface area contributed by atoms with Crippen molar-refractivity contribution in [2.45, 2.75) is 38.6 Å². The summed E-state index contributed by atoms with van der Waals surface area (Å²) < 4.78 is 17.9. The standard InChI is InChI=1S/C39H36N2O5/c1-25-20-33-34(40-24-27-10-9-17-41(27)39(33)43)23-36(25)45-18-7-8-19-46-37-22-26(15-16-35(37)44-2)21-32-28-11-3-5-13-30(28)38(42)31-14-6-4-12-29(31)32/h3-6,11-16,20-24,27H,7-10,17-19H2,1-2H3/t27-/m0/s1. The number of carbonyl (C=O) groups is 2. The molecule has 46 heavy (non-hydrogen) atoms. The molecule has 1 aliphatic carbocycles. The molecule has 0 unspecified atom stereocenters. The largest absolute Gasteiger partial charge is 0.493 e. The Bertz CT molecular complexity index is 1840. The molecule has 1 fully saturated rings. The van der Waals surface area contributed by atoms with Gasteiger partial charge in [0.2, 0.25) is 0 Å². The number of benzene rings is 4. The van der Waals surface area contributed by atoms with Crippen molar-refractivity contribution in [2.75, 3.05) is 26.9 Å². The van der Waals surface area contributed by atoms with Gasteiger partial charge in [0.1, 0.15) is 5.75 Å². The molecule has 0 spiro atoms. The monoisotopic (exact) mass is 612 g/mol. The number of aliphatic imine (C=N–C) groups is 1. The minimum absolute atomic E-state index is 0.0483. The van der Waals surface area contributed by atoms with Crippen LogP contribution in [0.2, 0.25) is 0 Å². The van der Waals surface area contributed by atoms with Crippen molar-refractivity contribution in [1.82, 2.24) is 4.90 Å². The number of nitrogens with zero attached hydrogens (tertiary/aromatic N) is 2. The van der Waals surface area contributed by atoms with Crippen LogP contribution in [0.1, 0.15) is 74.2 Å². The molecule has 0 radical (unpaired) electrons. The summed E-state index contributed by atoms with van der Waals surface area (Å²) in [4.78, 5) is 32.8. The molecule has 0 aromatic heterocycles. The molecule has 0 N–H and O–H groups in total. The Morgan fingerprint density at radius 3 is 2.17 bits per heavy atom. The highest BCUT2D eigenvalue weighted by molar-refractivity contribution is 6.20. The summed E-state index contributed by atoms with van der Waals surface area (Å²) in [6.45, 7) is 3.78. The van der Waals surface area contributed by atoms with Crippen LogP contribution in [0.4, 0.5) is 5.69 Å². The summed E-state index contributed by atoms with van der Waals surface area (Å²) in [5.41, 5.74) is 7.48. The van der Waals surface area contributed by atoms with Gasteiger partial charge in [-0.15, -0.1) is 0 Å². The van der Waals surface area contributed by atoms with E-state index in [9.17, 15) is 9.59 Å². The Hall–Kier alpha value is -5.17. The molecule has 7 rings (SSSR count). The highest BCUT2D eigenvalue weighted by Gasteiger charge is 2.32. The molecular formula is C39H36N2O5. The zero-order valence-electron chi connectivity index (χ0n) is 26.1. The Morgan fingerprint density at radius 1 is 0.804 bits per heavy atom. The third kappa shape index (κ3) is 5.58. The fourth-order valence-electron chi connectivity index (χ4n) is 6.54. The first-order valence-corrected chi connectivity index (χ1v) is 15.9. The highest BCUT2D eigenvalue weighted by Crippen LogP contribution is 2.38. The average molecular weight is 613 g/mol. The van der Waals surface area contributed by atoms with Gasteiger partial charge in [-0.25, -0.2) is 0 Å². The second kappa shape index (κ2) is 12.7. The lowest BCUT2D eigenvalue weighted by atomic mass is 9.81. The van der Waals surface area contributed by atoms with Gasteiger partial charge in [-0.1, -0.05) is 54.6 Å². The van der Waals surface area contributed by atoms with Crippen LogP contribution >= 0.6 is 0 Å². The third-order valence-corrected chi connectivity index (χ3v) is 8.95. The molecule has 4 aromatic rings. The summed E-state index contributed by atoms with van der Waals surface area (Å²) in [5.74, 6) is 2.18. The topological polar surface area (TPSA) is 77.4 Å². The van der Waals surface area contributed by atoms with Crippen molar-refractivity contribution in [3.05, 3.63) is 118 Å². The molecule has 3 aliphatic rings. The fourth-order valence-corrected chi connectivity index (χ4v) is 6.54. The predicted octanol–water partition coefficient (Wildman–Crippen LogP) is 7.70. The zero-order chi connectivity index (χ0) is 31.6. The summed E-state index contributed by atoms with van der Waals surface area (Å²) in [6.07, 6.45) is 7.57. The molecule has 4 aromatic carbocycles. The van der Waals surface area contributed by atoms with Crippen LogP contribution < -0.4 is 14.2 Å². The smallest absolute Gasteiger partial charge is 0.256 e. The molecule has 2 heterocycles. The Kier molecular flexibility index (Phi) is 8.14. The van der Waals surface area contributed by atoms with E-state index in [1.165, 1.54) is 0 Å². The van der Waals surface area contributed by atoms with Gasteiger partial charge in [-0.3, -0.25) is 14.6 Å². The zero-order valence-corrected chi connectivity index (χ0v) is 26.1. The van der Waals surface area contributed by atoms with Gasteiger partial charge in [-0.05, 0) is 84.7 Å². The van der Waals surface area contributed by atoms with Gasteiger partial charge in [0, 0.05) is 30.0 Å². The Balaban J connectivity index is 1.00. The predicted molar refractivity (Wildman–Crippen MR) is 180 cm³/mol. The third-order valence-electron chi connectivity index (χ3n) is 8.95. The first kappa shape index (κ1) is 29.5. The van der Waals surface area contributed by atoms with E-state index >= 15 is 0 Å². The quantitative estimate of drug-likeness (QED) is 0.160. The molecule has 0 saturated carbocycles. The molecular weight excluding hydrogens is 576 g/mol. The number of methoxy groups -OCH3 is 1. The molecule has 1 amide bonds. The lowest BCUT2D eigenvalue weighted by molar-refractivity contribution is 0.0774. The van der Waals surface area contributed by atoms with Crippen molar-refractivity contribution in [3.63, 3.8) is 0 Å². The van der Waals surface area contributed by atoms with Crippen molar-refractivity contribution >= 4 is 35.2 Å². The molecule has 2 aliphatic heterocycles. The molecule has 7 nitrogen and oxygen atoms in total. The van der Waals surface area contributed by atoms with Gasteiger partial charge in [0.15, 0.2) is 17.3 Å². The number of ketones is 1. The lowest BCUT2D eigenvalue weighted by Crippen LogP contribution is -2.35. The molecule has 0 bridgehead atoms. The average Bonchev–Trinajstić information content (AvgIpc) is 3.52. The van der Waals surface area contributed by atoms with Crippen LogP contribution in [-0.2, 0) is 0 Å². The van der Waals surface area contributed by atoms with E-state index in [4.69, 9.17) is 14.2 Å². The minimum Gasteiger partial charge on any atom is -0.493 e. The molecule has 1 saturated heterocycles. The Labute approximate surface area is 269 Å². The van der Waals surface area contributed by atoms with E-state index in [0.29, 0.717) is 47.1 Å². The van der Waals surface area contributed by atoms with Crippen LogP contribution in [0.5, 0.6) is 17.2 Å². The van der Waals surface area contributed by atoms with Crippen molar-refractivity contribution in [2.24, 2.45) is 4.99 Å². The number of ether oxygens (including phenoxy) is 3. The normalized spacial score (nSPS) is 16.3. The molecule has 1 atom stereocenters. The maximum atomic E-state index is 13.2. The van der Waals surface area contributed by atoms with Crippen LogP contribution in [-0.4, -0.2) is 55.7 Å². The van der Waals surface area contributed by atoms with E-state index in [0.717, 1.165) is 65.8 Å². The number of amides is 1. The van der Waals surface area contributed by atoms with E-state index in [2.05, 4.69) is 11.1 Å². The maximum absolute atomic E-state index is 13.2. The number of aryl methyl sites for hydroxylation is 1. The summed E-state index contributed by atoms with van der Waals surface area (Å²) in [5, 5.41) is 0. The molecule has 232 valence electrons. The van der Waals surface area contributed by atoms with Crippen molar-refractivity contribution < 1.29 is 23.8 Å². The van der Waals surface area contributed by atoms with Crippen molar-refractivity contribution in [1.29, 1.82) is 0 Å². The fraction of sp³-hybridized carbons (Fsp3) is 0.256. The van der Waals surface area contributed by atoms with Gasteiger partial charge in [0.05, 0.1) is 37.6 Å². The highest BCUT2D eigenvalue weighted by atomic mass is 16.5. The number of unbranched alkanes of at least 4 members (excludes halogenated alkanes) is 1. The van der Waals surface area contributed by atoms with Crippen LogP contribution in [0.3, 0.4) is 0 Å². The van der Waals surface area contributed by atoms with Crippen LogP contribution in [0, 0.1) is 6.92 Å². The van der Waals surface area contributed by atoms with Gasteiger partial charge in [0.25, 0.3) is 5.91 Å². The van der Waals surface area contributed by atoms with Gasteiger partial charge >= 0.3 is 0 Å². The lowest BCUT2D eigenvalue weighted by Gasteiger charge is -2.21. The summed E-state index contributed by atoms with van der Waals surface area (Å²) in [7, 11) is 1.64. The Morgan fingerprint density at radius 2 is 1.48 bits per heavy atom. The maximum Gasteiger partial charge on any atom is 0.256 e. The number of hydrogen-bond donors (Lipinski definition) is 0. The van der Waals surface area contributed by atoms with E-state index in [1.807, 2.05) is 96.9 Å². The summed E-state index contributed by atoms with van der Waals surface area (Å²) >= 11 is 0. The van der Waals surface area contributed by atoms with Crippen molar-refractivity contribution in [3.8, 4) is 17.2 Å². The minimum atomic E-state index is 0.0483.